The van der Waals surface area contributed by atoms with Gasteiger partial charge in [-0.1, -0.05) is 79.2 Å². The summed E-state index contributed by atoms with van der Waals surface area (Å²) in [5.74, 6) is -0.730. The molecule has 0 saturated carbocycles. The maximum absolute atomic E-state index is 14.0. The molecule has 0 radical (unpaired) electrons. The number of benzene rings is 1. The first kappa shape index (κ1) is 33.7. The van der Waals surface area contributed by atoms with Crippen LogP contribution in [0.1, 0.15) is 85.0 Å². The molecule has 2 aromatic rings. The molecule has 10 heteroatoms. The van der Waals surface area contributed by atoms with E-state index in [9.17, 15) is 24.6 Å². The van der Waals surface area contributed by atoms with Crippen LogP contribution in [0.15, 0.2) is 29.8 Å². The van der Waals surface area contributed by atoms with E-state index in [2.05, 4.69) is 29.5 Å². The fourth-order valence-electron chi connectivity index (χ4n) is 5.50. The summed E-state index contributed by atoms with van der Waals surface area (Å²) in [5.41, 5.74) is 3.13. The minimum atomic E-state index is -0.935. The van der Waals surface area contributed by atoms with Crippen molar-refractivity contribution in [2.45, 2.75) is 98.9 Å². The van der Waals surface area contributed by atoms with Gasteiger partial charge >= 0.3 is 0 Å². The fraction of sp³-hybridized carbons (Fsp3) is 0.625. The maximum atomic E-state index is 14.0. The number of β-amino-alcohol motifs (C(OH)–C–C–N with tert-alkyl or cyclic N) is 1. The number of aliphatic hydroxyl groups excluding tert-OH is 2. The third kappa shape index (κ3) is 7.96. The van der Waals surface area contributed by atoms with Gasteiger partial charge in [0.05, 0.1) is 34.8 Å². The Kier molecular flexibility index (Phi) is 10.9. The van der Waals surface area contributed by atoms with Crippen molar-refractivity contribution in [3.8, 4) is 10.4 Å². The summed E-state index contributed by atoms with van der Waals surface area (Å²) in [6.45, 7) is 15.2. The summed E-state index contributed by atoms with van der Waals surface area (Å²) >= 11 is 1.55. The van der Waals surface area contributed by atoms with Gasteiger partial charge in [0, 0.05) is 18.4 Å². The second-order valence-electron chi connectivity index (χ2n) is 13.4. The molecule has 3 rings (SSSR count). The monoisotopic (exact) mass is 600 g/mol. The van der Waals surface area contributed by atoms with E-state index >= 15 is 0 Å². The average Bonchev–Trinajstić information content (AvgIpc) is 3.54. The minimum Gasteiger partial charge on any atom is -0.394 e. The largest absolute Gasteiger partial charge is 0.394 e. The number of likely N-dealkylation sites (tertiary alicyclic amines) is 1. The Morgan fingerprint density at radius 1 is 1.12 bits per heavy atom. The first-order valence-electron chi connectivity index (χ1n) is 14.8. The molecule has 0 aliphatic carbocycles. The topological polar surface area (TPSA) is 132 Å². The van der Waals surface area contributed by atoms with Gasteiger partial charge in [-0.2, -0.15) is 0 Å². The lowest BCUT2D eigenvalue weighted by Gasteiger charge is -2.37. The number of carbonyl (C=O) groups excluding carboxylic acids is 3. The molecule has 42 heavy (non-hydrogen) atoms. The second kappa shape index (κ2) is 13.7. The van der Waals surface area contributed by atoms with Gasteiger partial charge in [0.1, 0.15) is 12.1 Å². The molecule has 5 atom stereocenters. The van der Waals surface area contributed by atoms with Crippen molar-refractivity contribution in [3.05, 3.63) is 41.0 Å². The molecule has 0 bridgehead atoms. The van der Waals surface area contributed by atoms with Crippen molar-refractivity contribution in [2.75, 3.05) is 13.2 Å². The summed E-state index contributed by atoms with van der Waals surface area (Å²) < 4.78 is 0. The molecule has 1 aromatic heterocycles. The summed E-state index contributed by atoms with van der Waals surface area (Å²) in [5, 5.41) is 26.5. The molecule has 4 N–H and O–H groups in total. The molecule has 1 aliphatic rings. The number of hydrogen-bond donors (Lipinski definition) is 4. The van der Waals surface area contributed by atoms with E-state index < -0.39 is 46.9 Å². The van der Waals surface area contributed by atoms with Crippen LogP contribution in [0.3, 0.4) is 0 Å². The van der Waals surface area contributed by atoms with E-state index in [0.29, 0.717) is 12.3 Å². The van der Waals surface area contributed by atoms with Crippen molar-refractivity contribution >= 4 is 29.1 Å². The van der Waals surface area contributed by atoms with Crippen LogP contribution in [0, 0.1) is 23.7 Å². The van der Waals surface area contributed by atoms with Gasteiger partial charge in [0.25, 0.3) is 0 Å². The molecular weight excluding hydrogens is 552 g/mol. The SMILES string of the molecule is CCC(C)CC(C)(C)C(=O)NC(C(=O)N1CC(O)CC1C(=O)NC(CO)c1ccc(-c2scnc2C)cc1)C(C)(C)C. The Balaban J connectivity index is 1.77. The summed E-state index contributed by atoms with van der Waals surface area (Å²) in [6, 6.07) is 5.05. The van der Waals surface area contributed by atoms with Crippen LogP contribution in [0.2, 0.25) is 0 Å². The Morgan fingerprint density at radius 3 is 2.29 bits per heavy atom. The number of aromatic nitrogens is 1. The van der Waals surface area contributed by atoms with E-state index in [-0.39, 0.29) is 25.5 Å². The van der Waals surface area contributed by atoms with E-state index in [1.165, 1.54) is 4.90 Å². The zero-order valence-corrected chi connectivity index (χ0v) is 27.0. The normalized spacial score (nSPS) is 19.7. The standard InChI is InChI=1S/C32H48N4O5S/c1-9-19(2)15-32(7,8)30(41)35-27(31(4,5)6)29(40)36-16-23(38)14-25(36)28(39)34-24(17-37)21-10-12-22(13-11-21)26-20(3)33-18-42-26/h10-13,18-19,23-25,27,37-38H,9,14-17H2,1-8H3,(H,34,39)(H,35,41). The quantitative estimate of drug-likeness (QED) is 0.305. The molecule has 1 saturated heterocycles. The molecule has 0 spiro atoms. The number of carbonyl (C=O) groups is 3. The third-order valence-electron chi connectivity index (χ3n) is 8.24. The van der Waals surface area contributed by atoms with Crippen LogP contribution in [-0.4, -0.2) is 69.2 Å². The number of nitrogens with one attached hydrogen (secondary N) is 2. The van der Waals surface area contributed by atoms with Crippen molar-refractivity contribution in [3.63, 3.8) is 0 Å². The summed E-state index contributed by atoms with van der Waals surface area (Å²) in [6.07, 6.45) is 0.827. The van der Waals surface area contributed by atoms with Gasteiger partial charge in [-0.25, -0.2) is 4.98 Å². The second-order valence-corrected chi connectivity index (χ2v) is 14.3. The predicted molar refractivity (Wildman–Crippen MR) is 166 cm³/mol. The van der Waals surface area contributed by atoms with Crippen molar-refractivity contribution in [1.29, 1.82) is 0 Å². The molecule has 232 valence electrons. The Labute approximate surface area is 254 Å². The molecule has 1 aromatic carbocycles. The van der Waals surface area contributed by atoms with Crippen LogP contribution in [0.5, 0.6) is 0 Å². The van der Waals surface area contributed by atoms with Crippen LogP contribution in [-0.2, 0) is 14.4 Å². The summed E-state index contributed by atoms with van der Waals surface area (Å²) in [4.78, 5) is 47.6. The highest BCUT2D eigenvalue weighted by atomic mass is 32.1. The van der Waals surface area contributed by atoms with Crippen molar-refractivity contribution in [2.24, 2.45) is 16.7 Å². The van der Waals surface area contributed by atoms with Crippen LogP contribution in [0.4, 0.5) is 0 Å². The minimum absolute atomic E-state index is 0.0116. The zero-order chi connectivity index (χ0) is 31.4. The number of aryl methyl sites for hydroxylation is 1. The molecule has 3 amide bonds. The molecule has 1 aliphatic heterocycles. The van der Waals surface area contributed by atoms with Crippen molar-refractivity contribution < 1.29 is 24.6 Å². The number of thiazole rings is 1. The van der Waals surface area contributed by atoms with E-state index in [1.807, 2.05) is 65.8 Å². The smallest absolute Gasteiger partial charge is 0.246 e. The average molecular weight is 601 g/mol. The number of aliphatic hydroxyl groups is 2. The van der Waals surface area contributed by atoms with Gasteiger partial charge in [-0.15, -0.1) is 11.3 Å². The Bertz CT molecular complexity index is 1240. The lowest BCUT2D eigenvalue weighted by molar-refractivity contribution is -0.145. The Morgan fingerprint density at radius 2 is 1.76 bits per heavy atom. The molecule has 1 fully saturated rings. The number of rotatable bonds is 11. The fourth-order valence-corrected chi connectivity index (χ4v) is 6.31. The lowest BCUT2D eigenvalue weighted by atomic mass is 9.80. The van der Waals surface area contributed by atoms with E-state index in [0.717, 1.165) is 28.1 Å². The van der Waals surface area contributed by atoms with Gasteiger partial charge in [0.2, 0.25) is 17.7 Å². The van der Waals surface area contributed by atoms with Crippen molar-refractivity contribution in [1.82, 2.24) is 20.5 Å². The van der Waals surface area contributed by atoms with Gasteiger partial charge < -0.3 is 25.7 Å². The lowest BCUT2D eigenvalue weighted by Crippen LogP contribution is -2.59. The maximum Gasteiger partial charge on any atom is 0.246 e. The number of hydrogen-bond acceptors (Lipinski definition) is 7. The Hall–Kier alpha value is -2.82. The highest BCUT2D eigenvalue weighted by Gasteiger charge is 2.46. The van der Waals surface area contributed by atoms with Crippen LogP contribution >= 0.6 is 11.3 Å². The van der Waals surface area contributed by atoms with Gasteiger partial charge in [-0.3, -0.25) is 14.4 Å². The zero-order valence-electron chi connectivity index (χ0n) is 26.2. The molecule has 5 unspecified atom stereocenters. The first-order valence-corrected chi connectivity index (χ1v) is 15.7. The highest BCUT2D eigenvalue weighted by molar-refractivity contribution is 7.13. The number of amides is 3. The molecule has 2 heterocycles. The first-order chi connectivity index (χ1) is 19.6. The van der Waals surface area contributed by atoms with Crippen LogP contribution in [0.25, 0.3) is 10.4 Å². The molecule has 9 nitrogen and oxygen atoms in total. The van der Waals surface area contributed by atoms with E-state index in [4.69, 9.17) is 0 Å². The van der Waals surface area contributed by atoms with Crippen LogP contribution < -0.4 is 10.6 Å². The molecular formula is C32H48N4O5S. The van der Waals surface area contributed by atoms with Gasteiger partial charge in [0.15, 0.2) is 0 Å². The number of nitrogens with zero attached hydrogens (tertiary/aromatic N) is 2. The summed E-state index contributed by atoms with van der Waals surface area (Å²) in [7, 11) is 0. The third-order valence-corrected chi connectivity index (χ3v) is 9.22. The van der Waals surface area contributed by atoms with Gasteiger partial charge in [-0.05, 0) is 35.8 Å². The highest BCUT2D eigenvalue weighted by Crippen LogP contribution is 2.32. The predicted octanol–water partition coefficient (Wildman–Crippen LogP) is 4.22. The van der Waals surface area contributed by atoms with E-state index in [1.54, 1.807) is 16.8 Å².